The van der Waals surface area contributed by atoms with E-state index in [-0.39, 0.29) is 11.8 Å². The minimum absolute atomic E-state index is 0.0318. The fraction of sp³-hybridized carbons (Fsp3) is 0.222. The number of anilines is 1. The second-order valence-corrected chi connectivity index (χ2v) is 7.36. The molecule has 1 N–H and O–H groups in total. The molecule has 1 fully saturated rings. The van der Waals surface area contributed by atoms with Crippen LogP contribution in [0.2, 0.25) is 5.02 Å². The highest BCUT2D eigenvalue weighted by Gasteiger charge is 2.34. The third kappa shape index (κ3) is 3.09. The Hall–Kier alpha value is -2.11. The summed E-state index contributed by atoms with van der Waals surface area (Å²) < 4.78 is 1.18. The molecule has 0 atom stereocenters. The lowest BCUT2D eigenvalue weighted by Gasteiger charge is -2.37. The first-order chi connectivity index (χ1) is 11.7. The van der Waals surface area contributed by atoms with E-state index in [9.17, 15) is 4.79 Å². The third-order valence-electron chi connectivity index (χ3n) is 4.19. The van der Waals surface area contributed by atoms with Gasteiger partial charge in [0, 0.05) is 24.7 Å². The van der Waals surface area contributed by atoms with Crippen molar-refractivity contribution in [1.29, 1.82) is 0 Å². The highest BCUT2D eigenvalue weighted by Crippen LogP contribution is 2.32. The minimum atomic E-state index is 0.0318. The van der Waals surface area contributed by atoms with Crippen LogP contribution in [0.3, 0.4) is 0 Å². The van der Waals surface area contributed by atoms with Crippen LogP contribution in [0.5, 0.6) is 0 Å². The molecule has 4 rings (SSSR count). The van der Waals surface area contributed by atoms with Crippen molar-refractivity contribution in [3.63, 3.8) is 0 Å². The van der Waals surface area contributed by atoms with Crippen molar-refractivity contribution in [2.45, 2.75) is 6.54 Å². The van der Waals surface area contributed by atoms with Crippen LogP contribution in [0.1, 0.15) is 5.56 Å². The fourth-order valence-corrected chi connectivity index (χ4v) is 3.84. The van der Waals surface area contributed by atoms with Crippen LogP contribution in [0.25, 0.3) is 10.2 Å². The second-order valence-electron chi connectivity index (χ2n) is 5.91. The molecule has 0 radical (unpaired) electrons. The molecule has 1 aromatic heterocycles. The molecule has 24 heavy (non-hydrogen) atoms. The number of rotatable bonds is 4. The SMILES string of the molecule is O=C(NCc1ccc(Cl)cc1)C1CN(c2nc3ccccc3s2)C1. The average Bonchev–Trinajstić information content (AvgIpc) is 2.96. The maximum atomic E-state index is 12.2. The summed E-state index contributed by atoms with van der Waals surface area (Å²) in [6.45, 7) is 1.99. The highest BCUT2D eigenvalue weighted by atomic mass is 35.5. The molecule has 3 aromatic rings. The maximum absolute atomic E-state index is 12.2. The third-order valence-corrected chi connectivity index (χ3v) is 5.53. The Morgan fingerprint density at radius 3 is 2.71 bits per heavy atom. The van der Waals surface area contributed by atoms with E-state index in [0.717, 1.165) is 29.3 Å². The molecule has 2 heterocycles. The molecule has 1 amide bonds. The fourth-order valence-electron chi connectivity index (χ4n) is 2.73. The summed E-state index contributed by atoms with van der Waals surface area (Å²) in [5.74, 6) is 0.131. The number of benzene rings is 2. The van der Waals surface area contributed by atoms with E-state index in [0.29, 0.717) is 11.6 Å². The standard InChI is InChI=1S/C18H16ClN3OS/c19-14-7-5-12(6-8-14)9-20-17(23)13-10-22(11-13)18-21-15-3-1-2-4-16(15)24-18/h1-8,13H,9-11H2,(H,20,23). The molecule has 1 aliphatic heterocycles. The van der Waals surface area contributed by atoms with Gasteiger partial charge in [0.1, 0.15) is 0 Å². The van der Waals surface area contributed by atoms with Crippen LogP contribution >= 0.6 is 22.9 Å². The van der Waals surface area contributed by atoms with E-state index in [2.05, 4.69) is 21.3 Å². The minimum Gasteiger partial charge on any atom is -0.352 e. The van der Waals surface area contributed by atoms with Crippen molar-refractivity contribution in [2.24, 2.45) is 5.92 Å². The smallest absolute Gasteiger partial charge is 0.226 e. The molecule has 122 valence electrons. The van der Waals surface area contributed by atoms with Crippen molar-refractivity contribution in [2.75, 3.05) is 18.0 Å². The molecule has 1 aliphatic rings. The van der Waals surface area contributed by atoms with E-state index in [4.69, 9.17) is 11.6 Å². The van der Waals surface area contributed by atoms with Crippen LogP contribution in [0.4, 0.5) is 5.13 Å². The second kappa shape index (κ2) is 6.42. The lowest BCUT2D eigenvalue weighted by atomic mass is 10.00. The molecule has 0 bridgehead atoms. The van der Waals surface area contributed by atoms with Crippen LogP contribution in [-0.4, -0.2) is 24.0 Å². The number of hydrogen-bond acceptors (Lipinski definition) is 4. The molecule has 6 heteroatoms. The number of carbonyl (C=O) groups is 1. The number of aromatic nitrogens is 1. The monoisotopic (exact) mass is 357 g/mol. The Bertz CT molecular complexity index is 838. The average molecular weight is 358 g/mol. The number of nitrogens with one attached hydrogen (secondary N) is 1. The van der Waals surface area contributed by atoms with Crippen LogP contribution in [0, 0.1) is 5.92 Å². The number of fused-ring (bicyclic) bond motifs is 1. The maximum Gasteiger partial charge on any atom is 0.226 e. The lowest BCUT2D eigenvalue weighted by Crippen LogP contribution is -2.53. The number of amides is 1. The summed E-state index contributed by atoms with van der Waals surface area (Å²) in [4.78, 5) is 19.0. The van der Waals surface area contributed by atoms with Gasteiger partial charge in [0.05, 0.1) is 16.1 Å². The van der Waals surface area contributed by atoms with E-state index >= 15 is 0 Å². The summed E-state index contributed by atoms with van der Waals surface area (Å²) in [6, 6.07) is 15.6. The van der Waals surface area contributed by atoms with Gasteiger partial charge in [-0.05, 0) is 29.8 Å². The van der Waals surface area contributed by atoms with Crippen LogP contribution < -0.4 is 10.2 Å². The molecule has 1 saturated heterocycles. The van der Waals surface area contributed by atoms with E-state index in [1.54, 1.807) is 11.3 Å². The number of para-hydroxylation sites is 1. The van der Waals surface area contributed by atoms with E-state index in [1.165, 1.54) is 4.70 Å². The summed E-state index contributed by atoms with van der Waals surface area (Å²) in [5, 5.41) is 4.70. The zero-order valence-corrected chi connectivity index (χ0v) is 14.5. The van der Waals surface area contributed by atoms with Crippen LogP contribution in [-0.2, 0) is 11.3 Å². The molecule has 0 spiro atoms. The largest absolute Gasteiger partial charge is 0.352 e. The Balaban J connectivity index is 1.31. The molecule has 0 unspecified atom stereocenters. The quantitative estimate of drug-likeness (QED) is 0.774. The molecule has 4 nitrogen and oxygen atoms in total. The van der Waals surface area contributed by atoms with Gasteiger partial charge >= 0.3 is 0 Å². The zero-order valence-electron chi connectivity index (χ0n) is 12.9. The molecule has 0 aliphatic carbocycles. The van der Waals surface area contributed by atoms with Crippen molar-refractivity contribution in [3.8, 4) is 0 Å². The van der Waals surface area contributed by atoms with Gasteiger partial charge in [-0.2, -0.15) is 0 Å². The number of thiazole rings is 1. The van der Waals surface area contributed by atoms with Gasteiger partial charge in [0.25, 0.3) is 0 Å². The van der Waals surface area contributed by atoms with Crippen molar-refractivity contribution >= 4 is 44.2 Å². The van der Waals surface area contributed by atoms with Gasteiger partial charge in [-0.15, -0.1) is 0 Å². The number of halogens is 1. The normalized spacial score (nSPS) is 14.6. The van der Waals surface area contributed by atoms with Gasteiger partial charge in [0.2, 0.25) is 5.91 Å². The van der Waals surface area contributed by atoms with Gasteiger partial charge in [-0.25, -0.2) is 4.98 Å². The predicted octanol–water partition coefficient (Wildman–Crippen LogP) is 3.70. The van der Waals surface area contributed by atoms with Crippen molar-refractivity contribution in [1.82, 2.24) is 10.3 Å². The Kier molecular flexibility index (Phi) is 4.12. The van der Waals surface area contributed by atoms with Gasteiger partial charge in [-0.3, -0.25) is 4.79 Å². The highest BCUT2D eigenvalue weighted by molar-refractivity contribution is 7.22. The summed E-state index contributed by atoms with van der Waals surface area (Å²) >= 11 is 7.54. The van der Waals surface area contributed by atoms with Gasteiger partial charge in [0.15, 0.2) is 5.13 Å². The predicted molar refractivity (Wildman–Crippen MR) is 98.6 cm³/mol. The lowest BCUT2D eigenvalue weighted by molar-refractivity contribution is -0.125. The van der Waals surface area contributed by atoms with E-state index < -0.39 is 0 Å². The van der Waals surface area contributed by atoms with Crippen LogP contribution in [0.15, 0.2) is 48.5 Å². The summed E-state index contributed by atoms with van der Waals surface area (Å²) in [7, 11) is 0. The molecular formula is C18H16ClN3OS. The van der Waals surface area contributed by atoms with E-state index in [1.807, 2.05) is 42.5 Å². The van der Waals surface area contributed by atoms with Crippen molar-refractivity contribution in [3.05, 3.63) is 59.1 Å². The summed E-state index contributed by atoms with van der Waals surface area (Å²) in [6.07, 6.45) is 0. The van der Waals surface area contributed by atoms with Gasteiger partial charge in [-0.1, -0.05) is 47.2 Å². The zero-order chi connectivity index (χ0) is 16.5. The number of carbonyl (C=O) groups excluding carboxylic acids is 1. The number of hydrogen-bond donors (Lipinski definition) is 1. The summed E-state index contributed by atoms with van der Waals surface area (Å²) in [5.41, 5.74) is 2.07. The molecule has 0 saturated carbocycles. The first-order valence-electron chi connectivity index (χ1n) is 7.82. The Morgan fingerprint density at radius 2 is 1.96 bits per heavy atom. The van der Waals surface area contributed by atoms with Gasteiger partial charge < -0.3 is 10.2 Å². The molecular weight excluding hydrogens is 342 g/mol. The van der Waals surface area contributed by atoms with Crippen molar-refractivity contribution < 1.29 is 4.79 Å². The topological polar surface area (TPSA) is 45.2 Å². The first kappa shape index (κ1) is 15.4. The number of nitrogens with zero attached hydrogens (tertiary/aromatic N) is 2. The Morgan fingerprint density at radius 1 is 1.21 bits per heavy atom. The first-order valence-corrected chi connectivity index (χ1v) is 9.01. The molecule has 2 aromatic carbocycles. The Labute approximate surface area is 149 Å².